The van der Waals surface area contributed by atoms with E-state index in [0.29, 0.717) is 17.4 Å². The Morgan fingerprint density at radius 2 is 1.68 bits per heavy atom. The summed E-state index contributed by atoms with van der Waals surface area (Å²) >= 11 is 0. The lowest BCUT2D eigenvalue weighted by molar-refractivity contribution is -0.149. The Morgan fingerprint density at radius 3 is 2.32 bits per heavy atom. The van der Waals surface area contributed by atoms with Crippen LogP contribution in [0, 0.1) is 6.92 Å². The van der Waals surface area contributed by atoms with Crippen molar-refractivity contribution in [2.75, 3.05) is 18.5 Å². The van der Waals surface area contributed by atoms with Gasteiger partial charge in [0.25, 0.3) is 5.91 Å². The van der Waals surface area contributed by atoms with Crippen LogP contribution in [0.5, 0.6) is 5.75 Å². The average molecular weight is 341 g/mol. The summed E-state index contributed by atoms with van der Waals surface area (Å²) in [5, 5.41) is 2.69. The fourth-order valence-corrected chi connectivity index (χ4v) is 2.19. The number of hydrogen-bond acceptors (Lipinski definition) is 4. The summed E-state index contributed by atoms with van der Waals surface area (Å²) in [7, 11) is 0. The molecule has 0 unspecified atom stereocenters. The predicted molar refractivity (Wildman–Crippen MR) is 96.8 cm³/mol. The minimum atomic E-state index is -0.589. The maximum absolute atomic E-state index is 11.8. The number of aryl methyl sites for hydroxylation is 1. The van der Waals surface area contributed by atoms with Gasteiger partial charge in [0.15, 0.2) is 13.2 Å². The molecule has 0 heterocycles. The largest absolute Gasteiger partial charge is 0.482 e. The van der Waals surface area contributed by atoms with Gasteiger partial charge in [-0.15, -0.1) is 0 Å². The van der Waals surface area contributed by atoms with Gasteiger partial charge in [-0.25, -0.2) is 4.79 Å². The third-order valence-corrected chi connectivity index (χ3v) is 3.66. The van der Waals surface area contributed by atoms with E-state index in [2.05, 4.69) is 19.2 Å². The molecule has 0 saturated carbocycles. The first kappa shape index (κ1) is 18.5. The summed E-state index contributed by atoms with van der Waals surface area (Å²) in [6.45, 7) is 5.51. The molecule has 0 saturated heterocycles. The van der Waals surface area contributed by atoms with Crippen molar-refractivity contribution in [3.63, 3.8) is 0 Å². The summed E-state index contributed by atoms with van der Waals surface area (Å²) in [6, 6.07) is 15.0. The van der Waals surface area contributed by atoms with Crippen molar-refractivity contribution >= 4 is 17.6 Å². The second-order valence-electron chi connectivity index (χ2n) is 6.04. The van der Waals surface area contributed by atoms with Crippen molar-refractivity contribution in [1.29, 1.82) is 0 Å². The summed E-state index contributed by atoms with van der Waals surface area (Å²) in [6.07, 6.45) is 0. The molecule has 5 heteroatoms. The van der Waals surface area contributed by atoms with Crippen LogP contribution in [0.1, 0.15) is 30.9 Å². The van der Waals surface area contributed by atoms with Crippen molar-refractivity contribution in [2.45, 2.75) is 26.7 Å². The van der Waals surface area contributed by atoms with Gasteiger partial charge in [-0.1, -0.05) is 44.2 Å². The van der Waals surface area contributed by atoms with Gasteiger partial charge < -0.3 is 14.8 Å². The van der Waals surface area contributed by atoms with Crippen LogP contribution in [0.3, 0.4) is 0 Å². The number of amides is 1. The van der Waals surface area contributed by atoms with Crippen LogP contribution in [0.15, 0.2) is 48.5 Å². The van der Waals surface area contributed by atoms with Crippen LogP contribution in [-0.4, -0.2) is 25.1 Å². The number of benzene rings is 2. The number of para-hydroxylation sites is 1. The van der Waals surface area contributed by atoms with Crippen LogP contribution < -0.4 is 10.1 Å². The molecule has 0 aliphatic rings. The van der Waals surface area contributed by atoms with Gasteiger partial charge in [-0.05, 0) is 42.2 Å². The Morgan fingerprint density at radius 1 is 1.00 bits per heavy atom. The topological polar surface area (TPSA) is 64.6 Å². The van der Waals surface area contributed by atoms with Gasteiger partial charge in [0.05, 0.1) is 0 Å². The lowest BCUT2D eigenvalue weighted by atomic mass is 10.0. The second kappa shape index (κ2) is 8.87. The fraction of sp³-hybridized carbons (Fsp3) is 0.300. The molecule has 5 nitrogen and oxygen atoms in total. The van der Waals surface area contributed by atoms with E-state index in [9.17, 15) is 9.59 Å². The molecule has 1 N–H and O–H groups in total. The zero-order valence-electron chi connectivity index (χ0n) is 14.7. The third kappa shape index (κ3) is 5.95. The molecule has 0 aromatic heterocycles. The van der Waals surface area contributed by atoms with Crippen molar-refractivity contribution < 1.29 is 19.1 Å². The first-order valence-electron chi connectivity index (χ1n) is 8.19. The Bertz CT molecular complexity index is 723. The minimum Gasteiger partial charge on any atom is -0.482 e. The van der Waals surface area contributed by atoms with Crippen molar-refractivity contribution in [3.05, 3.63) is 59.7 Å². The van der Waals surface area contributed by atoms with E-state index in [1.807, 2.05) is 49.4 Å². The van der Waals surface area contributed by atoms with Crippen LogP contribution in [0.4, 0.5) is 5.69 Å². The number of nitrogens with one attached hydrogen (secondary N) is 1. The molecular formula is C20H23NO4. The highest BCUT2D eigenvalue weighted by molar-refractivity contribution is 5.92. The van der Waals surface area contributed by atoms with E-state index in [1.165, 1.54) is 5.56 Å². The standard InChI is InChI=1S/C20H23NO4/c1-14(2)16-8-10-17(11-9-16)21-19(22)12-25-20(23)13-24-18-7-5-4-6-15(18)3/h4-11,14H,12-13H2,1-3H3,(H,21,22). The molecule has 2 aromatic carbocycles. The summed E-state index contributed by atoms with van der Waals surface area (Å²) in [4.78, 5) is 23.5. The number of rotatable bonds is 7. The van der Waals surface area contributed by atoms with Crippen LogP contribution in [0.2, 0.25) is 0 Å². The lowest BCUT2D eigenvalue weighted by Gasteiger charge is -2.10. The molecular weight excluding hydrogens is 318 g/mol. The Hall–Kier alpha value is -2.82. The predicted octanol–water partition coefficient (Wildman–Crippen LogP) is 3.68. The summed E-state index contributed by atoms with van der Waals surface area (Å²) < 4.78 is 10.3. The second-order valence-corrected chi connectivity index (χ2v) is 6.04. The quantitative estimate of drug-likeness (QED) is 0.780. The molecule has 0 aliphatic heterocycles. The Balaban J connectivity index is 1.74. The Kier molecular flexibility index (Phi) is 6.57. The van der Waals surface area contributed by atoms with E-state index in [-0.39, 0.29) is 19.1 Å². The van der Waals surface area contributed by atoms with Gasteiger partial charge in [-0.3, -0.25) is 4.79 Å². The average Bonchev–Trinajstić information content (AvgIpc) is 2.59. The highest BCUT2D eigenvalue weighted by Gasteiger charge is 2.10. The van der Waals surface area contributed by atoms with Gasteiger partial charge in [-0.2, -0.15) is 0 Å². The van der Waals surface area contributed by atoms with Crippen molar-refractivity contribution in [1.82, 2.24) is 0 Å². The molecule has 132 valence electrons. The first-order chi connectivity index (χ1) is 12.0. The molecule has 1 amide bonds. The van der Waals surface area contributed by atoms with Gasteiger partial charge in [0.2, 0.25) is 0 Å². The number of hydrogen-bond donors (Lipinski definition) is 1. The zero-order chi connectivity index (χ0) is 18.2. The van der Waals surface area contributed by atoms with Crippen LogP contribution in [0.25, 0.3) is 0 Å². The number of ether oxygens (including phenoxy) is 2. The SMILES string of the molecule is Cc1ccccc1OCC(=O)OCC(=O)Nc1ccc(C(C)C)cc1. The molecule has 0 radical (unpaired) electrons. The molecule has 2 rings (SSSR count). The maximum atomic E-state index is 11.8. The monoisotopic (exact) mass is 341 g/mol. The smallest absolute Gasteiger partial charge is 0.344 e. The van der Waals surface area contributed by atoms with Crippen molar-refractivity contribution in [2.24, 2.45) is 0 Å². The Labute approximate surface area is 148 Å². The highest BCUT2D eigenvalue weighted by Crippen LogP contribution is 2.17. The molecule has 0 fully saturated rings. The van der Waals surface area contributed by atoms with E-state index in [1.54, 1.807) is 6.07 Å². The normalized spacial score (nSPS) is 10.4. The van der Waals surface area contributed by atoms with E-state index in [0.717, 1.165) is 5.56 Å². The molecule has 0 aliphatic carbocycles. The van der Waals surface area contributed by atoms with E-state index >= 15 is 0 Å². The summed E-state index contributed by atoms with van der Waals surface area (Å²) in [5.41, 5.74) is 2.79. The molecule has 0 atom stereocenters. The van der Waals surface area contributed by atoms with Crippen LogP contribution in [-0.2, 0) is 14.3 Å². The zero-order valence-corrected chi connectivity index (χ0v) is 14.7. The fourth-order valence-electron chi connectivity index (χ4n) is 2.19. The number of carbonyl (C=O) groups is 2. The van der Waals surface area contributed by atoms with Crippen LogP contribution >= 0.6 is 0 Å². The lowest BCUT2D eigenvalue weighted by Crippen LogP contribution is -2.23. The number of anilines is 1. The molecule has 25 heavy (non-hydrogen) atoms. The minimum absolute atomic E-state index is 0.235. The third-order valence-electron chi connectivity index (χ3n) is 3.66. The maximum Gasteiger partial charge on any atom is 0.344 e. The molecule has 0 bridgehead atoms. The molecule has 0 spiro atoms. The number of carbonyl (C=O) groups excluding carboxylic acids is 2. The van der Waals surface area contributed by atoms with Gasteiger partial charge in [0.1, 0.15) is 5.75 Å². The summed E-state index contributed by atoms with van der Waals surface area (Å²) in [5.74, 6) is 0.0724. The highest BCUT2D eigenvalue weighted by atomic mass is 16.6. The molecule has 2 aromatic rings. The van der Waals surface area contributed by atoms with E-state index < -0.39 is 5.97 Å². The van der Waals surface area contributed by atoms with Crippen molar-refractivity contribution in [3.8, 4) is 5.75 Å². The number of esters is 1. The first-order valence-corrected chi connectivity index (χ1v) is 8.19. The van der Waals surface area contributed by atoms with Gasteiger partial charge in [0, 0.05) is 5.69 Å². The van der Waals surface area contributed by atoms with E-state index in [4.69, 9.17) is 9.47 Å². The van der Waals surface area contributed by atoms with Gasteiger partial charge >= 0.3 is 5.97 Å².